The van der Waals surface area contributed by atoms with E-state index in [2.05, 4.69) is 15.7 Å². The van der Waals surface area contributed by atoms with Crippen molar-refractivity contribution in [1.82, 2.24) is 9.78 Å². The molecule has 0 saturated carbocycles. The smallest absolute Gasteiger partial charge is 0.411 e. The second-order valence-electron chi connectivity index (χ2n) is 7.43. The third-order valence-corrected chi connectivity index (χ3v) is 5.18. The molecule has 0 atom stereocenters. The van der Waals surface area contributed by atoms with Crippen LogP contribution in [-0.2, 0) is 22.3 Å². The lowest BCUT2D eigenvalue weighted by Crippen LogP contribution is -2.17. The topological polar surface area (TPSA) is 94.5 Å². The summed E-state index contributed by atoms with van der Waals surface area (Å²) < 4.78 is 38.4. The van der Waals surface area contributed by atoms with Gasteiger partial charge in [-0.1, -0.05) is 6.07 Å². The number of hydrogen-bond donors (Lipinski definition) is 2. The number of carbonyl (C=O) groups is 2. The Labute approximate surface area is 188 Å². The normalized spacial score (nSPS) is 12.3. The average Bonchev–Trinajstić information content (AvgIpc) is 3.39. The Hall–Kier alpha value is -3.79. The molecule has 10 heteroatoms. The number of hydrogen-bond acceptors (Lipinski definition) is 5. The van der Waals surface area contributed by atoms with Gasteiger partial charge in [-0.2, -0.15) is 5.10 Å². The van der Waals surface area contributed by atoms with Crippen LogP contribution in [0, 0.1) is 11.6 Å². The fourth-order valence-corrected chi connectivity index (χ4v) is 3.69. The summed E-state index contributed by atoms with van der Waals surface area (Å²) >= 11 is 0. The number of fused-ring (bicyclic) bond motifs is 1. The Balaban J connectivity index is 1.51. The van der Waals surface area contributed by atoms with Gasteiger partial charge in [-0.25, -0.2) is 18.3 Å². The molecule has 0 aliphatic heterocycles. The van der Waals surface area contributed by atoms with Crippen molar-refractivity contribution in [1.29, 1.82) is 0 Å². The lowest BCUT2D eigenvalue weighted by atomic mass is 10.2. The SMILES string of the molecule is COCCOC(=O)Nc1cccc(NC(=O)c2nn(-c3ccc(F)c(F)c3)c3c2CCC3)c1. The number of nitrogens with zero attached hydrogens (tertiary/aromatic N) is 2. The highest BCUT2D eigenvalue weighted by Gasteiger charge is 2.27. The highest BCUT2D eigenvalue weighted by atomic mass is 19.2. The Morgan fingerprint density at radius 2 is 1.82 bits per heavy atom. The number of halogens is 2. The zero-order valence-corrected chi connectivity index (χ0v) is 17.9. The Bertz CT molecular complexity index is 1200. The predicted molar refractivity (Wildman–Crippen MR) is 117 cm³/mol. The average molecular weight is 456 g/mol. The highest BCUT2D eigenvalue weighted by molar-refractivity contribution is 6.04. The molecular weight excluding hydrogens is 434 g/mol. The Morgan fingerprint density at radius 3 is 2.58 bits per heavy atom. The molecule has 8 nitrogen and oxygen atoms in total. The summed E-state index contributed by atoms with van der Waals surface area (Å²) in [5.74, 6) is -2.36. The summed E-state index contributed by atoms with van der Waals surface area (Å²) in [6.45, 7) is 0.398. The molecule has 0 spiro atoms. The summed E-state index contributed by atoms with van der Waals surface area (Å²) in [6, 6.07) is 10.1. The van der Waals surface area contributed by atoms with Gasteiger partial charge in [-0.15, -0.1) is 0 Å². The van der Waals surface area contributed by atoms with Gasteiger partial charge in [0.1, 0.15) is 6.61 Å². The molecule has 0 unspecified atom stereocenters. The highest BCUT2D eigenvalue weighted by Crippen LogP contribution is 2.29. The van der Waals surface area contributed by atoms with E-state index in [-0.39, 0.29) is 18.9 Å². The number of amides is 2. The molecule has 0 saturated heterocycles. The molecule has 1 heterocycles. The maximum atomic E-state index is 13.7. The van der Waals surface area contributed by atoms with Gasteiger partial charge in [0.15, 0.2) is 17.3 Å². The van der Waals surface area contributed by atoms with Crippen molar-refractivity contribution in [2.75, 3.05) is 31.0 Å². The van der Waals surface area contributed by atoms with Gasteiger partial charge in [0, 0.05) is 35.8 Å². The molecular formula is C23H22F2N4O4. The number of anilines is 2. The van der Waals surface area contributed by atoms with Crippen LogP contribution in [-0.4, -0.2) is 42.1 Å². The fourth-order valence-electron chi connectivity index (χ4n) is 3.69. The van der Waals surface area contributed by atoms with Crippen LogP contribution < -0.4 is 10.6 Å². The first-order chi connectivity index (χ1) is 16.0. The van der Waals surface area contributed by atoms with Gasteiger partial charge < -0.3 is 14.8 Å². The van der Waals surface area contributed by atoms with E-state index in [1.807, 2.05) is 0 Å². The van der Waals surface area contributed by atoms with Crippen LogP contribution in [0.4, 0.5) is 25.0 Å². The van der Waals surface area contributed by atoms with Crippen molar-refractivity contribution in [2.45, 2.75) is 19.3 Å². The van der Waals surface area contributed by atoms with Crippen LogP contribution in [0.5, 0.6) is 0 Å². The van der Waals surface area contributed by atoms with Gasteiger partial charge >= 0.3 is 6.09 Å². The van der Waals surface area contributed by atoms with Gasteiger partial charge in [0.25, 0.3) is 5.91 Å². The number of ether oxygens (including phenoxy) is 2. The third-order valence-electron chi connectivity index (χ3n) is 5.18. The van der Waals surface area contributed by atoms with Gasteiger partial charge in [-0.05, 0) is 49.6 Å². The fraction of sp³-hybridized carbons (Fsp3) is 0.261. The molecule has 2 aromatic carbocycles. The van der Waals surface area contributed by atoms with E-state index < -0.39 is 23.6 Å². The van der Waals surface area contributed by atoms with Crippen molar-refractivity contribution in [3.05, 3.63) is 71.1 Å². The van der Waals surface area contributed by atoms with Crippen LogP contribution in [0.25, 0.3) is 5.69 Å². The van der Waals surface area contributed by atoms with E-state index in [1.165, 1.54) is 17.9 Å². The first-order valence-electron chi connectivity index (χ1n) is 10.4. The molecule has 0 bridgehead atoms. The van der Waals surface area contributed by atoms with Crippen molar-refractivity contribution in [2.24, 2.45) is 0 Å². The number of carbonyl (C=O) groups excluding carboxylic acids is 2. The maximum absolute atomic E-state index is 13.7. The number of methoxy groups -OCH3 is 1. The number of benzene rings is 2. The molecule has 0 fully saturated rings. The first-order valence-corrected chi connectivity index (χ1v) is 10.4. The molecule has 2 N–H and O–H groups in total. The standard InChI is InChI=1S/C23H22F2N4O4/c1-32-10-11-33-23(31)27-15-5-2-4-14(12-15)26-22(30)21-17-6-3-7-20(17)29(28-21)16-8-9-18(24)19(25)13-16/h2,4-5,8-9,12-13H,3,6-7,10-11H2,1H3,(H,26,30)(H,27,31). The van der Waals surface area contributed by atoms with E-state index >= 15 is 0 Å². The Morgan fingerprint density at radius 1 is 1.03 bits per heavy atom. The zero-order valence-electron chi connectivity index (χ0n) is 17.9. The summed E-state index contributed by atoms with van der Waals surface area (Å²) in [5.41, 5.74) is 3.05. The molecule has 2 amide bonds. The summed E-state index contributed by atoms with van der Waals surface area (Å²) in [6.07, 6.45) is 1.54. The molecule has 33 heavy (non-hydrogen) atoms. The van der Waals surface area contributed by atoms with Gasteiger partial charge in [0.2, 0.25) is 0 Å². The van der Waals surface area contributed by atoms with Crippen molar-refractivity contribution in [3.8, 4) is 5.69 Å². The van der Waals surface area contributed by atoms with E-state index in [0.29, 0.717) is 29.9 Å². The minimum absolute atomic E-state index is 0.116. The van der Waals surface area contributed by atoms with Gasteiger partial charge in [0.05, 0.1) is 12.3 Å². The van der Waals surface area contributed by atoms with Crippen molar-refractivity contribution in [3.63, 3.8) is 0 Å². The van der Waals surface area contributed by atoms with E-state index in [4.69, 9.17) is 9.47 Å². The molecule has 0 radical (unpaired) electrons. The predicted octanol–water partition coefficient (Wildman–Crippen LogP) is 4.09. The van der Waals surface area contributed by atoms with Crippen LogP contribution in [0.1, 0.15) is 28.2 Å². The van der Waals surface area contributed by atoms with Crippen LogP contribution in [0.15, 0.2) is 42.5 Å². The summed E-state index contributed by atoms with van der Waals surface area (Å²) in [4.78, 5) is 24.8. The lowest BCUT2D eigenvalue weighted by molar-refractivity contribution is 0.102. The minimum atomic E-state index is -0.981. The summed E-state index contributed by atoms with van der Waals surface area (Å²) in [7, 11) is 1.50. The number of aromatic nitrogens is 2. The summed E-state index contributed by atoms with van der Waals surface area (Å²) in [5, 5.41) is 9.75. The molecule has 3 aromatic rings. The van der Waals surface area contributed by atoms with Crippen molar-refractivity contribution < 1.29 is 27.8 Å². The monoisotopic (exact) mass is 456 g/mol. The quantitative estimate of drug-likeness (QED) is 0.523. The second kappa shape index (κ2) is 9.78. The lowest BCUT2D eigenvalue weighted by Gasteiger charge is -2.09. The maximum Gasteiger partial charge on any atom is 0.411 e. The van der Waals surface area contributed by atoms with Gasteiger partial charge in [-0.3, -0.25) is 10.1 Å². The second-order valence-corrected chi connectivity index (χ2v) is 7.43. The number of rotatable bonds is 7. The van der Waals surface area contributed by atoms with E-state index in [0.717, 1.165) is 29.8 Å². The molecule has 172 valence electrons. The third kappa shape index (κ3) is 5.01. The van der Waals surface area contributed by atoms with Crippen molar-refractivity contribution >= 4 is 23.4 Å². The molecule has 1 aliphatic carbocycles. The zero-order chi connectivity index (χ0) is 23.4. The number of nitrogens with one attached hydrogen (secondary N) is 2. The van der Waals surface area contributed by atoms with Crippen LogP contribution >= 0.6 is 0 Å². The molecule has 1 aliphatic rings. The molecule has 4 rings (SSSR count). The van der Waals surface area contributed by atoms with E-state index in [1.54, 1.807) is 24.3 Å². The Kier molecular flexibility index (Phi) is 6.64. The minimum Gasteiger partial charge on any atom is -0.447 e. The van der Waals surface area contributed by atoms with Crippen LogP contribution in [0.2, 0.25) is 0 Å². The van der Waals surface area contributed by atoms with Crippen LogP contribution in [0.3, 0.4) is 0 Å². The van der Waals surface area contributed by atoms with E-state index in [9.17, 15) is 18.4 Å². The molecule has 1 aromatic heterocycles. The largest absolute Gasteiger partial charge is 0.447 e. The first kappa shape index (κ1) is 22.4.